The molecule has 1 unspecified atom stereocenters. The van der Waals surface area contributed by atoms with Gasteiger partial charge in [-0.1, -0.05) is 61.5 Å². The summed E-state index contributed by atoms with van der Waals surface area (Å²) in [5.41, 5.74) is 2.34. The minimum atomic E-state index is 0.148. The molecule has 2 nitrogen and oxygen atoms in total. The molecule has 0 aromatic heterocycles. The van der Waals surface area contributed by atoms with Gasteiger partial charge in [-0.05, 0) is 36.4 Å². The van der Waals surface area contributed by atoms with Crippen molar-refractivity contribution in [1.29, 1.82) is 0 Å². The highest BCUT2D eigenvalue weighted by atomic mass is 16.5. The first-order valence-electron chi connectivity index (χ1n) is 8.22. The van der Waals surface area contributed by atoms with Gasteiger partial charge in [0.2, 0.25) is 0 Å². The van der Waals surface area contributed by atoms with Crippen LogP contribution in [0.25, 0.3) is 10.8 Å². The third-order valence-electron chi connectivity index (χ3n) is 4.15. The number of fused-ring (bicyclic) bond motifs is 1. The molecule has 0 bridgehead atoms. The van der Waals surface area contributed by atoms with Crippen LogP contribution in [0, 0.1) is 6.92 Å². The zero-order chi connectivity index (χ0) is 16.1. The summed E-state index contributed by atoms with van der Waals surface area (Å²) in [7, 11) is 0. The highest BCUT2D eigenvalue weighted by Crippen LogP contribution is 2.24. The Hall–Kier alpha value is -2.48. The zero-order valence-electron chi connectivity index (χ0n) is 13.8. The fraction of sp³-hybridized carbons (Fsp3) is 0.238. The minimum Gasteiger partial charge on any atom is -0.488 e. The number of hydrogen-bond acceptors (Lipinski definition) is 2. The van der Waals surface area contributed by atoms with Crippen LogP contribution < -0.4 is 10.1 Å². The second kappa shape index (κ2) is 7.19. The third kappa shape index (κ3) is 3.65. The number of benzene rings is 3. The molecule has 1 N–H and O–H groups in total. The maximum atomic E-state index is 6.17. The first-order valence-corrected chi connectivity index (χ1v) is 8.22. The monoisotopic (exact) mass is 305 g/mol. The van der Waals surface area contributed by atoms with E-state index in [-0.39, 0.29) is 6.10 Å². The number of para-hydroxylation sites is 1. The van der Waals surface area contributed by atoms with Gasteiger partial charge in [0, 0.05) is 11.1 Å². The molecule has 3 aromatic rings. The third-order valence-corrected chi connectivity index (χ3v) is 4.15. The molecule has 0 aliphatic rings. The summed E-state index contributed by atoms with van der Waals surface area (Å²) in [4.78, 5) is 0. The highest BCUT2D eigenvalue weighted by Gasteiger charge is 2.10. The number of anilines is 1. The molecule has 118 valence electrons. The van der Waals surface area contributed by atoms with Crippen molar-refractivity contribution in [3.8, 4) is 5.75 Å². The van der Waals surface area contributed by atoms with Crippen LogP contribution in [-0.2, 0) is 0 Å². The highest BCUT2D eigenvalue weighted by molar-refractivity contribution is 5.93. The first kappa shape index (κ1) is 15.4. The average molecular weight is 305 g/mol. The van der Waals surface area contributed by atoms with Crippen molar-refractivity contribution in [2.75, 3.05) is 11.9 Å². The molecular weight excluding hydrogens is 282 g/mol. The Morgan fingerprint density at radius 3 is 2.48 bits per heavy atom. The topological polar surface area (TPSA) is 21.3 Å². The second-order valence-corrected chi connectivity index (χ2v) is 5.82. The Morgan fingerprint density at radius 2 is 1.65 bits per heavy atom. The molecular formula is C21H23NO. The normalized spacial score (nSPS) is 12.1. The Labute approximate surface area is 138 Å². The van der Waals surface area contributed by atoms with Gasteiger partial charge >= 0.3 is 0 Å². The van der Waals surface area contributed by atoms with E-state index in [1.807, 2.05) is 18.2 Å². The largest absolute Gasteiger partial charge is 0.488 e. The second-order valence-electron chi connectivity index (χ2n) is 5.82. The summed E-state index contributed by atoms with van der Waals surface area (Å²) in [5.74, 6) is 0.971. The predicted molar refractivity (Wildman–Crippen MR) is 98.3 cm³/mol. The first-order chi connectivity index (χ1) is 11.3. The molecule has 0 fully saturated rings. The van der Waals surface area contributed by atoms with Crippen LogP contribution >= 0.6 is 0 Å². The van der Waals surface area contributed by atoms with Crippen LogP contribution in [0.4, 0.5) is 5.69 Å². The lowest BCUT2D eigenvalue weighted by Gasteiger charge is -2.20. The number of nitrogens with one attached hydrogen (secondary N) is 1. The van der Waals surface area contributed by atoms with Crippen molar-refractivity contribution in [3.63, 3.8) is 0 Å². The molecule has 2 heteroatoms. The van der Waals surface area contributed by atoms with E-state index < -0.39 is 0 Å². The van der Waals surface area contributed by atoms with E-state index >= 15 is 0 Å². The average Bonchev–Trinajstić information content (AvgIpc) is 2.60. The van der Waals surface area contributed by atoms with Crippen molar-refractivity contribution in [2.45, 2.75) is 26.4 Å². The Kier molecular flexibility index (Phi) is 4.82. The molecule has 3 rings (SSSR count). The van der Waals surface area contributed by atoms with Gasteiger partial charge in [0.1, 0.15) is 11.9 Å². The van der Waals surface area contributed by atoms with Crippen molar-refractivity contribution >= 4 is 16.5 Å². The molecule has 0 spiro atoms. The standard InChI is InChI=1S/C21H23NO/c1-3-18(23-21-14-7-4-9-16(21)2)15-22-20-13-8-11-17-10-5-6-12-19(17)20/h4-14,18,22H,3,15H2,1-2H3. The van der Waals surface area contributed by atoms with E-state index in [1.54, 1.807) is 0 Å². The maximum absolute atomic E-state index is 6.17. The van der Waals surface area contributed by atoms with E-state index in [1.165, 1.54) is 16.3 Å². The van der Waals surface area contributed by atoms with Gasteiger partial charge in [-0.3, -0.25) is 0 Å². The summed E-state index contributed by atoms with van der Waals surface area (Å²) in [6, 6.07) is 23.0. The molecule has 0 amide bonds. The number of ether oxygens (including phenoxy) is 1. The molecule has 0 aliphatic carbocycles. The summed E-state index contributed by atoms with van der Waals surface area (Å²) >= 11 is 0. The van der Waals surface area contributed by atoms with E-state index in [0.29, 0.717) is 0 Å². The van der Waals surface area contributed by atoms with Gasteiger partial charge in [-0.2, -0.15) is 0 Å². The number of aryl methyl sites for hydroxylation is 1. The van der Waals surface area contributed by atoms with E-state index in [4.69, 9.17) is 4.74 Å². The van der Waals surface area contributed by atoms with Crippen LogP contribution in [0.3, 0.4) is 0 Å². The lowest BCUT2D eigenvalue weighted by Crippen LogP contribution is -2.25. The Morgan fingerprint density at radius 1 is 0.913 bits per heavy atom. The van der Waals surface area contributed by atoms with Gasteiger partial charge in [0.05, 0.1) is 6.54 Å². The van der Waals surface area contributed by atoms with E-state index in [9.17, 15) is 0 Å². The van der Waals surface area contributed by atoms with Crippen LogP contribution in [0.15, 0.2) is 66.7 Å². The number of hydrogen-bond donors (Lipinski definition) is 1. The summed E-state index contributed by atoms with van der Waals surface area (Å²) < 4.78 is 6.17. The zero-order valence-corrected chi connectivity index (χ0v) is 13.8. The van der Waals surface area contributed by atoms with Crippen molar-refractivity contribution in [2.24, 2.45) is 0 Å². The van der Waals surface area contributed by atoms with E-state index in [0.717, 1.165) is 24.4 Å². The van der Waals surface area contributed by atoms with Crippen molar-refractivity contribution < 1.29 is 4.74 Å². The molecule has 0 saturated carbocycles. The molecule has 23 heavy (non-hydrogen) atoms. The minimum absolute atomic E-state index is 0.148. The fourth-order valence-corrected chi connectivity index (χ4v) is 2.74. The lowest BCUT2D eigenvalue weighted by molar-refractivity contribution is 0.208. The molecule has 0 saturated heterocycles. The summed E-state index contributed by atoms with van der Waals surface area (Å²) in [6.07, 6.45) is 1.11. The van der Waals surface area contributed by atoms with Crippen LogP contribution in [0.2, 0.25) is 0 Å². The molecule has 3 aromatic carbocycles. The van der Waals surface area contributed by atoms with Gasteiger partial charge < -0.3 is 10.1 Å². The van der Waals surface area contributed by atoms with Gasteiger partial charge in [0.25, 0.3) is 0 Å². The Bertz CT molecular complexity index is 776. The Balaban J connectivity index is 1.71. The van der Waals surface area contributed by atoms with Crippen LogP contribution in [0.1, 0.15) is 18.9 Å². The lowest BCUT2D eigenvalue weighted by atomic mass is 10.1. The molecule has 0 heterocycles. The SMILES string of the molecule is CCC(CNc1cccc2ccccc12)Oc1ccccc1C. The van der Waals surface area contributed by atoms with Gasteiger partial charge in [-0.25, -0.2) is 0 Å². The maximum Gasteiger partial charge on any atom is 0.122 e. The summed E-state index contributed by atoms with van der Waals surface area (Å²) in [6.45, 7) is 5.03. The van der Waals surface area contributed by atoms with Gasteiger partial charge in [-0.15, -0.1) is 0 Å². The van der Waals surface area contributed by atoms with Gasteiger partial charge in [0.15, 0.2) is 0 Å². The predicted octanol–water partition coefficient (Wildman–Crippen LogP) is 5.42. The smallest absolute Gasteiger partial charge is 0.122 e. The number of rotatable bonds is 6. The molecule has 0 radical (unpaired) electrons. The van der Waals surface area contributed by atoms with Crippen molar-refractivity contribution in [1.82, 2.24) is 0 Å². The van der Waals surface area contributed by atoms with Crippen LogP contribution in [-0.4, -0.2) is 12.6 Å². The summed E-state index contributed by atoms with van der Waals surface area (Å²) in [5, 5.41) is 6.06. The van der Waals surface area contributed by atoms with E-state index in [2.05, 4.69) is 67.7 Å². The van der Waals surface area contributed by atoms with Crippen LogP contribution in [0.5, 0.6) is 5.75 Å². The molecule has 1 atom stereocenters. The van der Waals surface area contributed by atoms with Crippen molar-refractivity contribution in [3.05, 3.63) is 72.3 Å². The quantitative estimate of drug-likeness (QED) is 0.656. The fourth-order valence-electron chi connectivity index (χ4n) is 2.74. The molecule has 0 aliphatic heterocycles.